The van der Waals surface area contributed by atoms with Gasteiger partial charge in [0.25, 0.3) is 0 Å². The number of nitrogens with one attached hydrogen (secondary N) is 1. The lowest BCUT2D eigenvalue weighted by Crippen LogP contribution is -2.19. The Morgan fingerprint density at radius 3 is 1.53 bits per heavy atom. The summed E-state index contributed by atoms with van der Waals surface area (Å²) in [5.41, 5.74) is 3.62. The van der Waals surface area contributed by atoms with E-state index in [1.54, 1.807) is 0 Å². The standard InChI is InChI=1S/C49H91NO5/c1-3-5-7-9-20-28-36-48(51)53-39-31-23-16-14-21-29-37-50-38-30-22-15-17-24-32-40-54-49(52)55-47(34-26-8-6-4-2)35-27-19-13-11-10-12-18-25-33-44-41-45-43-46(45)42-44/h44,47,50H,3-43H2,1-2H3. The molecule has 0 bridgehead atoms. The van der Waals surface area contributed by atoms with E-state index in [0.717, 1.165) is 83.2 Å². The van der Waals surface area contributed by atoms with E-state index >= 15 is 0 Å². The molecule has 0 saturated heterocycles. The molecule has 1 atom stereocenters. The number of hydrogen-bond acceptors (Lipinski definition) is 6. The molecule has 0 spiro atoms. The quantitative estimate of drug-likeness (QED) is 0.0378. The van der Waals surface area contributed by atoms with Crippen molar-refractivity contribution in [3.63, 3.8) is 0 Å². The SMILES string of the molecule is CCCCCCCCC(=O)OCCCCCCCCNCCCCCCCCOC(=O)OC(CCCCCC)CCCCCCCCCCC1CC2=C(C2)C1. The van der Waals surface area contributed by atoms with Gasteiger partial charge in [-0.25, -0.2) is 4.79 Å². The Balaban J connectivity index is 1.30. The molecular formula is C49H91NO5. The van der Waals surface area contributed by atoms with Crippen molar-refractivity contribution in [2.45, 2.75) is 258 Å². The van der Waals surface area contributed by atoms with Gasteiger partial charge in [0.2, 0.25) is 0 Å². The molecule has 55 heavy (non-hydrogen) atoms. The Bertz CT molecular complexity index is 920. The Hall–Kier alpha value is -1.56. The van der Waals surface area contributed by atoms with Gasteiger partial charge in [0.1, 0.15) is 6.10 Å². The molecule has 2 aliphatic rings. The van der Waals surface area contributed by atoms with Crippen molar-refractivity contribution in [2.75, 3.05) is 26.3 Å². The van der Waals surface area contributed by atoms with Crippen molar-refractivity contribution >= 4 is 12.1 Å². The predicted molar refractivity (Wildman–Crippen MR) is 233 cm³/mol. The van der Waals surface area contributed by atoms with Crippen LogP contribution in [0.25, 0.3) is 0 Å². The largest absolute Gasteiger partial charge is 0.508 e. The topological polar surface area (TPSA) is 73.9 Å². The van der Waals surface area contributed by atoms with E-state index < -0.39 is 6.16 Å². The van der Waals surface area contributed by atoms with Gasteiger partial charge in [0.05, 0.1) is 13.2 Å². The number of allylic oxidation sites excluding steroid dienone is 2. The van der Waals surface area contributed by atoms with Crippen molar-refractivity contribution in [1.29, 1.82) is 0 Å². The van der Waals surface area contributed by atoms with Gasteiger partial charge in [-0.3, -0.25) is 4.79 Å². The zero-order valence-corrected chi connectivity index (χ0v) is 36.7. The lowest BCUT2D eigenvalue weighted by atomic mass is 9.94. The van der Waals surface area contributed by atoms with E-state index in [-0.39, 0.29) is 12.1 Å². The molecule has 0 heterocycles. The molecule has 322 valence electrons. The first-order chi connectivity index (χ1) is 27.1. The highest BCUT2D eigenvalue weighted by molar-refractivity contribution is 5.69. The van der Waals surface area contributed by atoms with Gasteiger partial charge in [-0.15, -0.1) is 0 Å². The van der Waals surface area contributed by atoms with E-state index in [9.17, 15) is 9.59 Å². The van der Waals surface area contributed by atoms with E-state index in [0.29, 0.717) is 19.6 Å². The molecule has 0 aliphatic heterocycles. The molecule has 1 N–H and O–H groups in total. The van der Waals surface area contributed by atoms with Crippen LogP contribution in [-0.4, -0.2) is 44.5 Å². The van der Waals surface area contributed by atoms with Gasteiger partial charge in [-0.2, -0.15) is 0 Å². The van der Waals surface area contributed by atoms with Crippen molar-refractivity contribution in [1.82, 2.24) is 5.32 Å². The first-order valence-electron chi connectivity index (χ1n) is 24.5. The molecule has 0 saturated carbocycles. The van der Waals surface area contributed by atoms with Crippen LogP contribution in [0.15, 0.2) is 11.1 Å². The minimum absolute atomic E-state index is 0.00731. The van der Waals surface area contributed by atoms with Crippen LogP contribution in [0.4, 0.5) is 4.79 Å². The zero-order valence-electron chi connectivity index (χ0n) is 36.7. The molecule has 2 aliphatic carbocycles. The summed E-state index contributed by atoms with van der Waals surface area (Å²) in [5, 5.41) is 3.61. The molecule has 0 aromatic heterocycles. The molecule has 0 amide bonds. The smallest absolute Gasteiger partial charge is 0.466 e. The summed E-state index contributed by atoms with van der Waals surface area (Å²) in [4.78, 5) is 24.3. The van der Waals surface area contributed by atoms with E-state index in [1.807, 2.05) is 11.1 Å². The molecule has 1 unspecified atom stereocenters. The van der Waals surface area contributed by atoms with Crippen LogP contribution in [0.1, 0.15) is 251 Å². The maximum Gasteiger partial charge on any atom is 0.508 e. The highest BCUT2D eigenvalue weighted by Gasteiger charge is 2.32. The first kappa shape index (κ1) is 49.6. The maximum absolute atomic E-state index is 12.5. The summed E-state index contributed by atoms with van der Waals surface area (Å²) in [6, 6.07) is 0. The van der Waals surface area contributed by atoms with Crippen LogP contribution in [0.3, 0.4) is 0 Å². The normalized spacial score (nSPS) is 14.4. The maximum atomic E-state index is 12.5. The van der Waals surface area contributed by atoms with Crippen LogP contribution >= 0.6 is 0 Å². The van der Waals surface area contributed by atoms with Crippen LogP contribution < -0.4 is 5.32 Å². The second-order valence-electron chi connectivity index (χ2n) is 17.5. The third-order valence-electron chi connectivity index (χ3n) is 12.1. The number of carbonyl (C=O) groups is 2. The molecule has 6 heteroatoms. The summed E-state index contributed by atoms with van der Waals surface area (Å²) < 4.78 is 16.7. The van der Waals surface area contributed by atoms with Gasteiger partial charge in [-0.1, -0.05) is 173 Å². The molecular weight excluding hydrogens is 683 g/mol. The van der Waals surface area contributed by atoms with Gasteiger partial charge in [-0.05, 0) is 102 Å². The van der Waals surface area contributed by atoms with Crippen LogP contribution in [0, 0.1) is 5.92 Å². The zero-order chi connectivity index (χ0) is 39.3. The monoisotopic (exact) mass is 774 g/mol. The number of hydrogen-bond donors (Lipinski definition) is 1. The third-order valence-corrected chi connectivity index (χ3v) is 12.1. The number of unbranched alkanes of at least 4 members (excludes halogenated alkanes) is 25. The van der Waals surface area contributed by atoms with E-state index in [1.165, 1.54) is 167 Å². The Kier molecular flexibility index (Phi) is 33.1. The first-order valence-corrected chi connectivity index (χ1v) is 24.5. The Labute approximate surface area is 341 Å². The highest BCUT2D eigenvalue weighted by atomic mass is 16.7. The molecule has 0 fully saturated rings. The average Bonchev–Trinajstić information content (AvgIpc) is 3.80. The van der Waals surface area contributed by atoms with E-state index in [2.05, 4.69) is 19.2 Å². The number of esters is 1. The van der Waals surface area contributed by atoms with Gasteiger partial charge >= 0.3 is 12.1 Å². The lowest BCUT2D eigenvalue weighted by molar-refractivity contribution is -0.143. The van der Waals surface area contributed by atoms with Crippen molar-refractivity contribution in [2.24, 2.45) is 5.92 Å². The van der Waals surface area contributed by atoms with Crippen molar-refractivity contribution in [3.8, 4) is 0 Å². The Morgan fingerprint density at radius 2 is 0.964 bits per heavy atom. The summed E-state index contributed by atoms with van der Waals surface area (Å²) in [5.74, 6) is 0.995. The molecule has 0 aromatic carbocycles. The molecule has 6 nitrogen and oxygen atoms in total. The number of rotatable bonds is 42. The Morgan fingerprint density at radius 1 is 0.527 bits per heavy atom. The lowest BCUT2D eigenvalue weighted by Gasteiger charge is -2.18. The number of ether oxygens (including phenoxy) is 3. The average molecular weight is 774 g/mol. The predicted octanol–water partition coefficient (Wildman–Crippen LogP) is 15.1. The van der Waals surface area contributed by atoms with Gasteiger partial charge < -0.3 is 19.5 Å². The second-order valence-corrected chi connectivity index (χ2v) is 17.5. The summed E-state index contributed by atoms with van der Waals surface area (Å²) in [7, 11) is 0. The summed E-state index contributed by atoms with van der Waals surface area (Å²) in [6.07, 6.45) is 44.8. The van der Waals surface area contributed by atoms with Crippen LogP contribution in [0.5, 0.6) is 0 Å². The highest BCUT2D eigenvalue weighted by Crippen LogP contribution is 2.49. The second kappa shape index (κ2) is 36.8. The van der Waals surface area contributed by atoms with Crippen molar-refractivity contribution < 1.29 is 23.8 Å². The minimum atomic E-state index is -0.449. The third kappa shape index (κ3) is 31.2. The number of carbonyl (C=O) groups excluding carboxylic acids is 2. The van der Waals surface area contributed by atoms with Crippen molar-refractivity contribution in [3.05, 3.63) is 11.1 Å². The molecule has 0 radical (unpaired) electrons. The van der Waals surface area contributed by atoms with Gasteiger partial charge in [0.15, 0.2) is 0 Å². The fourth-order valence-electron chi connectivity index (χ4n) is 8.42. The van der Waals surface area contributed by atoms with Crippen LogP contribution in [-0.2, 0) is 19.0 Å². The van der Waals surface area contributed by atoms with Gasteiger partial charge in [0, 0.05) is 6.42 Å². The molecule has 2 rings (SSSR count). The fourth-order valence-corrected chi connectivity index (χ4v) is 8.42. The fraction of sp³-hybridized carbons (Fsp3) is 0.918. The van der Waals surface area contributed by atoms with Crippen LogP contribution in [0.2, 0.25) is 0 Å². The van der Waals surface area contributed by atoms with E-state index in [4.69, 9.17) is 14.2 Å². The summed E-state index contributed by atoms with van der Waals surface area (Å²) >= 11 is 0. The minimum Gasteiger partial charge on any atom is -0.466 e. The summed E-state index contributed by atoms with van der Waals surface area (Å²) in [6.45, 7) is 7.77. The molecule has 0 aromatic rings.